The Morgan fingerprint density at radius 2 is 1.83 bits per heavy atom. The number of carbonyl (C=O) groups is 1. The molecule has 5 heteroatoms. The van der Waals surface area contributed by atoms with Crippen molar-refractivity contribution in [1.82, 2.24) is 0 Å². The van der Waals surface area contributed by atoms with Crippen molar-refractivity contribution in [2.75, 3.05) is 0 Å². The first-order chi connectivity index (χ1) is 10.7. The van der Waals surface area contributed by atoms with E-state index in [1.807, 2.05) is 30.3 Å². The minimum atomic E-state index is -1.91. The normalized spacial score (nSPS) is 12.2. The van der Waals surface area contributed by atoms with Crippen LogP contribution in [0.25, 0.3) is 0 Å². The van der Waals surface area contributed by atoms with Gasteiger partial charge in [-0.2, -0.15) is 0 Å². The molecule has 124 valence electrons. The molecule has 0 fully saturated rings. The molecule has 0 spiro atoms. The Labute approximate surface area is 138 Å². The zero-order chi connectivity index (χ0) is 17.1. The van der Waals surface area contributed by atoms with Gasteiger partial charge in [0.15, 0.2) is 31.9 Å². The number of carbonyl (C=O) groups excluding carboxylic acids is 1. The van der Waals surface area contributed by atoms with E-state index >= 15 is 0 Å². The summed E-state index contributed by atoms with van der Waals surface area (Å²) in [6, 6.07) is 11.0. The first-order valence-corrected chi connectivity index (χ1v) is 10.6. The van der Waals surface area contributed by atoms with Gasteiger partial charge >= 0.3 is 0 Å². The predicted molar refractivity (Wildman–Crippen MR) is 92.6 cm³/mol. The van der Waals surface area contributed by atoms with Crippen molar-refractivity contribution in [1.29, 1.82) is 0 Å². The maximum absolute atomic E-state index is 11.0. The first kappa shape index (κ1) is 17.5. The van der Waals surface area contributed by atoms with Crippen LogP contribution in [0.5, 0.6) is 11.5 Å². The van der Waals surface area contributed by atoms with Gasteiger partial charge in [-0.15, -0.1) is 0 Å². The summed E-state index contributed by atoms with van der Waals surface area (Å²) in [4.78, 5) is 11.0. The molecule has 0 unspecified atom stereocenters. The van der Waals surface area contributed by atoms with Crippen LogP contribution < -0.4 is 4.74 Å². The van der Waals surface area contributed by atoms with Gasteiger partial charge in [0.05, 0.1) is 6.61 Å². The second-order valence-electron chi connectivity index (χ2n) is 7.02. The first-order valence-electron chi connectivity index (χ1n) is 7.68. The van der Waals surface area contributed by atoms with E-state index in [0.717, 1.165) is 0 Å². The Bertz CT molecular complexity index is 653. The molecule has 23 heavy (non-hydrogen) atoms. The summed E-state index contributed by atoms with van der Waals surface area (Å²) in [6.45, 7) is 11.2. The minimum absolute atomic E-state index is 0.105. The van der Waals surface area contributed by atoms with E-state index in [2.05, 4.69) is 33.9 Å². The van der Waals surface area contributed by atoms with Crippen LogP contribution in [0.3, 0.4) is 0 Å². The Balaban J connectivity index is 2.18. The van der Waals surface area contributed by atoms with Crippen LogP contribution in [-0.4, -0.2) is 14.6 Å². The van der Waals surface area contributed by atoms with Crippen LogP contribution in [0.2, 0.25) is 18.1 Å². The minimum Gasteiger partial charge on any atom is -0.454 e. The lowest BCUT2D eigenvalue weighted by atomic mass is 10.2. The zero-order valence-corrected chi connectivity index (χ0v) is 15.4. The number of benzene rings is 1. The highest BCUT2D eigenvalue weighted by Gasteiger charge is 2.37. The molecule has 0 aliphatic rings. The fraction of sp³-hybridized carbons (Fsp3) is 0.389. The van der Waals surface area contributed by atoms with Crippen molar-refractivity contribution < 1.29 is 18.4 Å². The van der Waals surface area contributed by atoms with Crippen LogP contribution >= 0.6 is 0 Å². The molecule has 1 heterocycles. The number of ether oxygens (including phenoxy) is 1. The molecule has 0 aliphatic carbocycles. The average Bonchev–Trinajstić information content (AvgIpc) is 2.87. The molecule has 0 saturated heterocycles. The SMILES string of the molecule is CC(C)(C)[Si](C)(C)OCc1oc(C=O)cc1Oc1ccccc1. The van der Waals surface area contributed by atoms with E-state index < -0.39 is 8.32 Å². The molecule has 0 amide bonds. The van der Waals surface area contributed by atoms with Crippen molar-refractivity contribution in [2.45, 2.75) is 45.5 Å². The third kappa shape index (κ3) is 4.33. The Morgan fingerprint density at radius 1 is 1.17 bits per heavy atom. The van der Waals surface area contributed by atoms with Gasteiger partial charge < -0.3 is 13.6 Å². The topological polar surface area (TPSA) is 48.7 Å². The van der Waals surface area contributed by atoms with Crippen LogP contribution in [0.4, 0.5) is 0 Å². The van der Waals surface area contributed by atoms with Gasteiger partial charge in [0.1, 0.15) is 5.75 Å². The van der Waals surface area contributed by atoms with Gasteiger partial charge in [-0.3, -0.25) is 4.79 Å². The molecule has 2 rings (SSSR count). The van der Waals surface area contributed by atoms with Crippen molar-refractivity contribution in [3.05, 3.63) is 47.9 Å². The van der Waals surface area contributed by atoms with E-state index in [0.29, 0.717) is 30.2 Å². The van der Waals surface area contributed by atoms with Gasteiger partial charge in [-0.25, -0.2) is 0 Å². The highest BCUT2D eigenvalue weighted by Crippen LogP contribution is 2.38. The molecule has 1 aromatic heterocycles. The number of rotatable bonds is 6. The van der Waals surface area contributed by atoms with Gasteiger partial charge in [0, 0.05) is 6.07 Å². The summed E-state index contributed by atoms with van der Waals surface area (Å²) < 4.78 is 17.5. The van der Waals surface area contributed by atoms with Crippen molar-refractivity contribution in [3.8, 4) is 11.5 Å². The van der Waals surface area contributed by atoms with E-state index in [1.54, 1.807) is 6.07 Å². The number of aldehydes is 1. The van der Waals surface area contributed by atoms with Crippen molar-refractivity contribution in [2.24, 2.45) is 0 Å². The smallest absolute Gasteiger partial charge is 0.192 e. The highest BCUT2D eigenvalue weighted by atomic mass is 28.4. The van der Waals surface area contributed by atoms with E-state index in [9.17, 15) is 4.79 Å². The molecule has 0 bridgehead atoms. The van der Waals surface area contributed by atoms with Crippen LogP contribution in [0, 0.1) is 0 Å². The largest absolute Gasteiger partial charge is 0.454 e. The Morgan fingerprint density at radius 3 is 2.39 bits per heavy atom. The third-order valence-electron chi connectivity index (χ3n) is 4.25. The summed E-state index contributed by atoms with van der Waals surface area (Å²) in [6.07, 6.45) is 0.674. The number of hydrogen-bond donors (Lipinski definition) is 0. The van der Waals surface area contributed by atoms with E-state index in [-0.39, 0.29) is 10.8 Å². The van der Waals surface area contributed by atoms with Gasteiger partial charge in [0.25, 0.3) is 0 Å². The molecular weight excluding hydrogens is 308 g/mol. The van der Waals surface area contributed by atoms with Gasteiger partial charge in [-0.1, -0.05) is 39.0 Å². The Hall–Kier alpha value is -1.85. The average molecular weight is 332 g/mol. The van der Waals surface area contributed by atoms with Crippen LogP contribution in [0.1, 0.15) is 37.1 Å². The summed E-state index contributed by atoms with van der Waals surface area (Å²) in [7, 11) is -1.91. The fourth-order valence-corrected chi connectivity index (χ4v) is 2.68. The third-order valence-corrected chi connectivity index (χ3v) is 8.73. The lowest BCUT2D eigenvalue weighted by Gasteiger charge is -2.35. The molecule has 1 aromatic carbocycles. The van der Waals surface area contributed by atoms with E-state index in [4.69, 9.17) is 13.6 Å². The molecule has 0 atom stereocenters. The molecule has 0 aliphatic heterocycles. The van der Waals surface area contributed by atoms with Crippen molar-refractivity contribution >= 4 is 14.6 Å². The summed E-state index contributed by atoms with van der Waals surface area (Å²) in [5.41, 5.74) is 0. The maximum Gasteiger partial charge on any atom is 0.192 e. The van der Waals surface area contributed by atoms with Gasteiger partial charge in [0.2, 0.25) is 0 Å². The molecule has 0 saturated carbocycles. The van der Waals surface area contributed by atoms with Crippen molar-refractivity contribution in [3.63, 3.8) is 0 Å². The predicted octanol–water partition coefficient (Wildman–Crippen LogP) is 5.41. The standard InChI is InChI=1S/C18H24O4Si/c1-18(2,3)23(4,5)20-13-17-16(11-15(12-19)22-17)21-14-9-7-6-8-10-14/h6-12H,13H2,1-5H3. The molecule has 4 nitrogen and oxygen atoms in total. The number of hydrogen-bond acceptors (Lipinski definition) is 4. The zero-order valence-electron chi connectivity index (χ0n) is 14.4. The second-order valence-corrected chi connectivity index (χ2v) is 11.8. The fourth-order valence-electron chi connectivity index (χ4n) is 1.75. The number of para-hydroxylation sites is 1. The quantitative estimate of drug-likeness (QED) is 0.524. The lowest BCUT2D eigenvalue weighted by molar-refractivity contribution is 0.109. The molecular formula is C18H24O4Si. The summed E-state index contributed by atoms with van der Waals surface area (Å²) in [5, 5.41) is 0.105. The number of furan rings is 1. The maximum atomic E-state index is 11.0. The summed E-state index contributed by atoms with van der Waals surface area (Å²) >= 11 is 0. The second kappa shape index (κ2) is 6.72. The Kier molecular flexibility index (Phi) is 5.11. The highest BCUT2D eigenvalue weighted by molar-refractivity contribution is 6.74. The van der Waals surface area contributed by atoms with Crippen LogP contribution in [0.15, 0.2) is 40.8 Å². The van der Waals surface area contributed by atoms with E-state index in [1.165, 1.54) is 0 Å². The molecule has 0 radical (unpaired) electrons. The van der Waals surface area contributed by atoms with Crippen LogP contribution in [-0.2, 0) is 11.0 Å². The lowest BCUT2D eigenvalue weighted by Crippen LogP contribution is -2.40. The molecule has 2 aromatic rings. The summed E-state index contributed by atoms with van der Waals surface area (Å²) in [5.74, 6) is 2.00. The van der Waals surface area contributed by atoms with Gasteiger partial charge in [-0.05, 0) is 30.3 Å². The monoisotopic (exact) mass is 332 g/mol. The molecule has 0 N–H and O–H groups in total.